The second-order valence-electron chi connectivity index (χ2n) is 8.24. The first kappa shape index (κ1) is 25.1. The lowest BCUT2D eigenvalue weighted by Crippen LogP contribution is -2.54. The van der Waals surface area contributed by atoms with E-state index in [4.69, 9.17) is 23.2 Å². The molecule has 1 amide bonds. The molecule has 0 unspecified atom stereocenters. The maximum atomic E-state index is 13.8. The first-order valence-electron chi connectivity index (χ1n) is 10.6. The molecule has 1 aliphatic heterocycles. The van der Waals surface area contributed by atoms with Gasteiger partial charge in [-0.1, -0.05) is 47.5 Å². The van der Waals surface area contributed by atoms with Gasteiger partial charge in [0, 0.05) is 16.1 Å². The van der Waals surface area contributed by atoms with Gasteiger partial charge in [0.05, 0.1) is 35.1 Å². The molecule has 3 aromatic rings. The van der Waals surface area contributed by atoms with Crippen molar-refractivity contribution in [2.45, 2.75) is 19.2 Å². The predicted octanol–water partition coefficient (Wildman–Crippen LogP) is 4.17. The van der Waals surface area contributed by atoms with Crippen molar-refractivity contribution in [1.82, 2.24) is 0 Å². The van der Waals surface area contributed by atoms with E-state index < -0.39 is 18.2 Å². The molecule has 1 heterocycles. The van der Waals surface area contributed by atoms with Gasteiger partial charge in [-0.2, -0.15) is 0 Å². The largest absolute Gasteiger partial charge is 0.376 e. The van der Waals surface area contributed by atoms with Crippen molar-refractivity contribution < 1.29 is 29.3 Å². The van der Waals surface area contributed by atoms with Crippen LogP contribution in [-0.2, 0) is 0 Å². The summed E-state index contributed by atoms with van der Waals surface area (Å²) in [6, 6.07) is 13.9. The maximum Gasteiger partial charge on any atom is 0.376 e. The van der Waals surface area contributed by atoms with Crippen LogP contribution in [0.1, 0.15) is 26.3 Å². The number of benzene rings is 3. The molecule has 3 N–H and O–H groups in total. The lowest BCUT2D eigenvalue weighted by atomic mass is 9.99. The van der Waals surface area contributed by atoms with Crippen LogP contribution in [0, 0.1) is 6.92 Å². The normalized spacial score (nSPS) is 14.0. The van der Waals surface area contributed by atoms with Crippen molar-refractivity contribution in [3.05, 3.63) is 81.3 Å². The van der Waals surface area contributed by atoms with Crippen molar-refractivity contribution in [2.75, 3.05) is 22.9 Å². The third-order valence-corrected chi connectivity index (χ3v) is 6.41. The number of aryl methyl sites for hydroxylation is 1. The van der Waals surface area contributed by atoms with Crippen LogP contribution in [0.3, 0.4) is 0 Å². The van der Waals surface area contributed by atoms with Gasteiger partial charge in [0.15, 0.2) is 0 Å². The Morgan fingerprint density at radius 3 is 2.40 bits per heavy atom. The fourth-order valence-electron chi connectivity index (χ4n) is 4.01. The van der Waals surface area contributed by atoms with Crippen LogP contribution in [0.25, 0.3) is 11.1 Å². The Kier molecular flexibility index (Phi) is 6.86. The van der Waals surface area contributed by atoms with Gasteiger partial charge in [0.2, 0.25) is 0 Å². The van der Waals surface area contributed by atoms with Crippen molar-refractivity contribution >= 4 is 46.8 Å². The Hall–Kier alpha value is -3.01. The van der Waals surface area contributed by atoms with E-state index in [1.807, 2.05) is 0 Å². The van der Waals surface area contributed by atoms with Gasteiger partial charge in [-0.05, 0) is 48.4 Å². The fourth-order valence-corrected chi connectivity index (χ4v) is 4.54. The topological polar surface area (TPSA) is 101 Å². The molecule has 4 rings (SSSR count). The summed E-state index contributed by atoms with van der Waals surface area (Å²) in [5.74, 6) is -0.979. The average molecular weight is 519 g/mol. The van der Waals surface area contributed by atoms with Crippen molar-refractivity contribution in [1.29, 1.82) is 0 Å². The molecule has 182 valence electrons. The van der Waals surface area contributed by atoms with E-state index in [1.54, 1.807) is 48.2 Å². The second-order valence-corrected chi connectivity index (χ2v) is 9.05. The third-order valence-electron chi connectivity index (χ3n) is 5.77. The van der Waals surface area contributed by atoms with E-state index in [0.717, 1.165) is 0 Å². The van der Waals surface area contributed by atoms with Crippen LogP contribution in [-0.4, -0.2) is 52.9 Å². The maximum absolute atomic E-state index is 13.8. The molecule has 1 aliphatic rings. The SMILES string of the molecule is Cc1cccc(Cl)c1C(=O)N(c1ccc(-c2cc(C=O)ccc2Cl)cc1N1CC(F)C1)C(O)(O)O. The highest BCUT2D eigenvalue weighted by atomic mass is 35.5. The van der Waals surface area contributed by atoms with E-state index in [1.165, 1.54) is 18.2 Å². The molecule has 0 saturated carbocycles. The minimum atomic E-state index is -3.60. The molecule has 1 saturated heterocycles. The lowest BCUT2D eigenvalue weighted by Gasteiger charge is -2.40. The summed E-state index contributed by atoms with van der Waals surface area (Å²) in [6.45, 7) is 1.59. The van der Waals surface area contributed by atoms with Crippen molar-refractivity contribution in [3.8, 4) is 11.1 Å². The van der Waals surface area contributed by atoms with E-state index in [-0.39, 0.29) is 35.1 Å². The molecular weight excluding hydrogens is 498 g/mol. The number of aldehydes is 1. The number of hydrogen-bond donors (Lipinski definition) is 3. The highest BCUT2D eigenvalue weighted by molar-refractivity contribution is 6.35. The monoisotopic (exact) mass is 518 g/mol. The molecular formula is C25H21Cl2FN2O5. The number of nitrogens with zero attached hydrogens (tertiary/aromatic N) is 2. The number of amides is 1. The summed E-state index contributed by atoms with van der Waals surface area (Å²) < 4.78 is 13.8. The van der Waals surface area contributed by atoms with Crippen LogP contribution < -0.4 is 9.80 Å². The first-order chi connectivity index (χ1) is 16.5. The van der Waals surface area contributed by atoms with Gasteiger partial charge in [-0.15, -0.1) is 0 Å². The Bertz CT molecular complexity index is 1290. The second kappa shape index (κ2) is 9.56. The lowest BCUT2D eigenvalue weighted by molar-refractivity contribution is -0.304. The van der Waals surface area contributed by atoms with Crippen LogP contribution >= 0.6 is 23.2 Å². The number of aliphatic hydroxyl groups is 3. The molecule has 0 radical (unpaired) electrons. The first-order valence-corrected chi connectivity index (χ1v) is 11.3. The minimum Gasteiger partial charge on any atom is -0.364 e. The predicted molar refractivity (Wildman–Crippen MR) is 132 cm³/mol. The Morgan fingerprint density at radius 1 is 1.09 bits per heavy atom. The minimum absolute atomic E-state index is 0.0129. The van der Waals surface area contributed by atoms with Gasteiger partial charge in [0.1, 0.15) is 12.5 Å². The average Bonchev–Trinajstić information content (AvgIpc) is 2.77. The molecule has 0 aliphatic carbocycles. The smallest absolute Gasteiger partial charge is 0.364 e. The van der Waals surface area contributed by atoms with Gasteiger partial charge in [-0.3, -0.25) is 9.59 Å². The van der Waals surface area contributed by atoms with Gasteiger partial charge >= 0.3 is 6.10 Å². The Morgan fingerprint density at radius 2 is 1.80 bits per heavy atom. The molecule has 0 bridgehead atoms. The van der Waals surface area contributed by atoms with Crippen molar-refractivity contribution in [3.63, 3.8) is 0 Å². The van der Waals surface area contributed by atoms with Crippen LogP contribution in [0.2, 0.25) is 10.0 Å². The molecule has 10 heteroatoms. The van der Waals surface area contributed by atoms with Gasteiger partial charge in [-0.25, -0.2) is 9.29 Å². The van der Waals surface area contributed by atoms with Crippen LogP contribution in [0.4, 0.5) is 15.8 Å². The highest BCUT2D eigenvalue weighted by Gasteiger charge is 2.40. The third kappa shape index (κ3) is 4.89. The zero-order chi connectivity index (χ0) is 25.5. The molecule has 35 heavy (non-hydrogen) atoms. The number of rotatable bonds is 6. The van der Waals surface area contributed by atoms with Crippen LogP contribution in [0.15, 0.2) is 54.6 Å². The number of alkyl halides is 1. The number of anilines is 2. The fraction of sp³-hybridized carbons (Fsp3) is 0.200. The zero-order valence-electron chi connectivity index (χ0n) is 18.5. The summed E-state index contributed by atoms with van der Waals surface area (Å²) in [4.78, 5) is 26.7. The number of halogens is 3. The standard InChI is InChI=1S/C25H21Cl2FN2O5/c1-14-3-2-4-20(27)23(14)24(32)30(25(33,34)35)21-8-6-16(10-22(21)29-11-17(28)12-29)18-9-15(13-31)5-7-19(18)26/h2-10,13,17,33-35H,11-12H2,1H3. The Balaban J connectivity index is 1.90. The summed E-state index contributed by atoms with van der Waals surface area (Å²) in [6.07, 6.45) is -4.05. The van der Waals surface area contributed by atoms with Gasteiger partial charge < -0.3 is 20.2 Å². The van der Waals surface area contributed by atoms with E-state index in [2.05, 4.69) is 0 Å². The zero-order valence-corrected chi connectivity index (χ0v) is 20.0. The van der Waals surface area contributed by atoms with Crippen molar-refractivity contribution in [2.24, 2.45) is 0 Å². The molecule has 0 spiro atoms. The molecule has 0 aromatic heterocycles. The summed E-state index contributed by atoms with van der Waals surface area (Å²) in [5.41, 5.74) is 1.96. The summed E-state index contributed by atoms with van der Waals surface area (Å²) >= 11 is 12.6. The van der Waals surface area contributed by atoms with E-state index in [0.29, 0.717) is 38.5 Å². The molecule has 7 nitrogen and oxygen atoms in total. The Labute approximate surface area is 210 Å². The molecule has 1 fully saturated rings. The number of carbonyl (C=O) groups excluding carboxylic acids is 2. The van der Waals surface area contributed by atoms with E-state index >= 15 is 0 Å². The summed E-state index contributed by atoms with van der Waals surface area (Å²) in [7, 11) is 0. The molecule has 3 aromatic carbocycles. The van der Waals surface area contributed by atoms with Crippen LogP contribution in [0.5, 0.6) is 0 Å². The quantitative estimate of drug-likeness (QED) is 0.334. The number of carbonyl (C=O) groups is 2. The number of hydrogen-bond acceptors (Lipinski definition) is 6. The van der Waals surface area contributed by atoms with Gasteiger partial charge in [0.25, 0.3) is 5.91 Å². The van der Waals surface area contributed by atoms with E-state index in [9.17, 15) is 29.3 Å². The highest BCUT2D eigenvalue weighted by Crippen LogP contribution is 2.41. The molecule has 0 atom stereocenters. The summed E-state index contributed by atoms with van der Waals surface area (Å²) in [5, 5.41) is 31.0.